The molecule has 0 saturated carbocycles. The van der Waals surface area contributed by atoms with Crippen LogP contribution in [0.2, 0.25) is 0 Å². The Kier molecular flexibility index (Phi) is 5.18. The fourth-order valence-electron chi connectivity index (χ4n) is 2.25. The number of anilines is 1. The monoisotopic (exact) mass is 303 g/mol. The third kappa shape index (κ3) is 3.73. The van der Waals surface area contributed by atoms with Crippen molar-refractivity contribution in [1.29, 1.82) is 0 Å². The Morgan fingerprint density at radius 1 is 1.24 bits per heavy atom. The third-order valence-corrected chi connectivity index (χ3v) is 3.84. The summed E-state index contributed by atoms with van der Waals surface area (Å²) in [5, 5.41) is 0. The molecule has 0 aliphatic heterocycles. The first kappa shape index (κ1) is 15.8. The molecular weight excluding hydrogens is 282 g/mol. The SMILES string of the molecule is Cc1ccccc1CN(C)c1cnc(C(C)C)nc1CCl. The molecule has 3 nitrogen and oxygen atoms in total. The van der Waals surface area contributed by atoms with Crippen LogP contribution in [0.3, 0.4) is 0 Å². The van der Waals surface area contributed by atoms with E-state index in [4.69, 9.17) is 11.6 Å². The molecule has 0 amide bonds. The van der Waals surface area contributed by atoms with Crippen molar-refractivity contribution < 1.29 is 0 Å². The van der Waals surface area contributed by atoms with E-state index in [9.17, 15) is 0 Å². The molecule has 0 fully saturated rings. The average molecular weight is 304 g/mol. The van der Waals surface area contributed by atoms with Gasteiger partial charge in [-0.2, -0.15) is 0 Å². The van der Waals surface area contributed by atoms with Crippen LogP contribution >= 0.6 is 11.6 Å². The van der Waals surface area contributed by atoms with E-state index < -0.39 is 0 Å². The minimum absolute atomic E-state index is 0.308. The quantitative estimate of drug-likeness (QED) is 0.772. The van der Waals surface area contributed by atoms with Crippen molar-refractivity contribution >= 4 is 17.3 Å². The summed E-state index contributed by atoms with van der Waals surface area (Å²) in [6.45, 7) is 7.12. The van der Waals surface area contributed by atoms with Gasteiger partial charge in [-0.15, -0.1) is 11.6 Å². The first-order chi connectivity index (χ1) is 10.0. The Labute approximate surface area is 132 Å². The Balaban J connectivity index is 2.26. The summed E-state index contributed by atoms with van der Waals surface area (Å²) in [5.41, 5.74) is 4.48. The molecule has 0 aliphatic carbocycles. The predicted molar refractivity (Wildman–Crippen MR) is 89.0 cm³/mol. The molecule has 21 heavy (non-hydrogen) atoms. The molecule has 112 valence electrons. The van der Waals surface area contributed by atoms with Crippen LogP contribution in [0.15, 0.2) is 30.5 Å². The van der Waals surface area contributed by atoms with Crippen molar-refractivity contribution in [2.45, 2.75) is 39.1 Å². The maximum Gasteiger partial charge on any atom is 0.131 e. The van der Waals surface area contributed by atoms with Gasteiger partial charge in [0.15, 0.2) is 0 Å². The summed E-state index contributed by atoms with van der Waals surface area (Å²) in [7, 11) is 2.05. The van der Waals surface area contributed by atoms with E-state index >= 15 is 0 Å². The summed E-state index contributed by atoms with van der Waals surface area (Å²) in [6, 6.07) is 8.40. The highest BCUT2D eigenvalue weighted by molar-refractivity contribution is 6.17. The van der Waals surface area contributed by atoms with Gasteiger partial charge < -0.3 is 4.90 Å². The van der Waals surface area contributed by atoms with Crippen LogP contribution in [0.5, 0.6) is 0 Å². The van der Waals surface area contributed by atoms with Crippen LogP contribution in [-0.2, 0) is 12.4 Å². The molecule has 1 heterocycles. The van der Waals surface area contributed by atoms with Gasteiger partial charge in [-0.1, -0.05) is 38.1 Å². The molecular formula is C17H22ClN3. The second-order valence-corrected chi connectivity index (χ2v) is 5.90. The van der Waals surface area contributed by atoms with Gasteiger partial charge >= 0.3 is 0 Å². The largest absolute Gasteiger partial charge is 0.367 e. The van der Waals surface area contributed by atoms with E-state index in [1.54, 1.807) is 0 Å². The Morgan fingerprint density at radius 2 is 1.95 bits per heavy atom. The number of hydrogen-bond donors (Lipinski definition) is 0. The maximum absolute atomic E-state index is 6.07. The molecule has 0 radical (unpaired) electrons. The second-order valence-electron chi connectivity index (χ2n) is 5.63. The van der Waals surface area contributed by atoms with Gasteiger partial charge in [-0.3, -0.25) is 0 Å². The van der Waals surface area contributed by atoms with E-state index in [-0.39, 0.29) is 0 Å². The van der Waals surface area contributed by atoms with Crippen molar-refractivity contribution in [3.05, 3.63) is 53.1 Å². The lowest BCUT2D eigenvalue weighted by molar-refractivity contribution is 0.758. The zero-order valence-electron chi connectivity index (χ0n) is 13.1. The first-order valence-corrected chi connectivity index (χ1v) is 7.73. The Bertz CT molecular complexity index is 611. The molecule has 1 aromatic heterocycles. The molecule has 0 N–H and O–H groups in total. The fourth-order valence-corrected chi connectivity index (χ4v) is 2.45. The summed E-state index contributed by atoms with van der Waals surface area (Å²) < 4.78 is 0. The Morgan fingerprint density at radius 3 is 2.57 bits per heavy atom. The van der Waals surface area contributed by atoms with Gasteiger partial charge in [-0.05, 0) is 18.1 Å². The number of nitrogens with zero attached hydrogens (tertiary/aromatic N) is 3. The van der Waals surface area contributed by atoms with Crippen LogP contribution in [0.4, 0.5) is 5.69 Å². The molecule has 4 heteroatoms. The Hall–Kier alpha value is -1.61. The van der Waals surface area contributed by atoms with Crippen molar-refractivity contribution in [1.82, 2.24) is 9.97 Å². The summed E-state index contributed by atoms with van der Waals surface area (Å²) in [4.78, 5) is 11.2. The highest BCUT2D eigenvalue weighted by Gasteiger charge is 2.13. The number of alkyl halides is 1. The topological polar surface area (TPSA) is 29.0 Å². The van der Waals surface area contributed by atoms with Crippen LogP contribution < -0.4 is 4.90 Å². The van der Waals surface area contributed by atoms with Crippen molar-refractivity contribution in [3.63, 3.8) is 0 Å². The average Bonchev–Trinajstić information content (AvgIpc) is 2.48. The lowest BCUT2D eigenvalue weighted by atomic mass is 10.1. The molecule has 2 aromatic rings. The number of hydrogen-bond acceptors (Lipinski definition) is 3. The second kappa shape index (κ2) is 6.90. The van der Waals surface area contributed by atoms with Crippen LogP contribution in [0.25, 0.3) is 0 Å². The van der Waals surface area contributed by atoms with Gasteiger partial charge in [0.1, 0.15) is 5.82 Å². The number of aromatic nitrogens is 2. The van der Waals surface area contributed by atoms with Crippen molar-refractivity contribution in [2.24, 2.45) is 0 Å². The summed E-state index contributed by atoms with van der Waals surface area (Å²) in [5.74, 6) is 1.55. The zero-order valence-corrected chi connectivity index (χ0v) is 13.9. The molecule has 0 spiro atoms. The molecule has 0 saturated heterocycles. The van der Waals surface area contributed by atoms with Crippen molar-refractivity contribution in [3.8, 4) is 0 Å². The lowest BCUT2D eigenvalue weighted by Crippen LogP contribution is -2.20. The number of rotatable bonds is 5. The third-order valence-electron chi connectivity index (χ3n) is 3.59. The molecule has 0 atom stereocenters. The van der Waals surface area contributed by atoms with E-state index in [0.29, 0.717) is 11.8 Å². The molecule has 0 unspecified atom stereocenters. The van der Waals surface area contributed by atoms with Crippen LogP contribution in [-0.4, -0.2) is 17.0 Å². The standard InChI is InChI=1S/C17H22ClN3/c1-12(2)17-19-10-16(15(9-18)20-17)21(4)11-14-8-6-5-7-13(14)3/h5-8,10,12H,9,11H2,1-4H3. The smallest absolute Gasteiger partial charge is 0.131 e. The van der Waals surface area contributed by atoms with Gasteiger partial charge in [0.25, 0.3) is 0 Å². The number of halogens is 1. The lowest BCUT2D eigenvalue weighted by Gasteiger charge is -2.22. The summed E-state index contributed by atoms with van der Waals surface area (Å²) >= 11 is 6.07. The van der Waals surface area contributed by atoms with E-state index in [2.05, 4.69) is 67.0 Å². The molecule has 0 bridgehead atoms. The fraction of sp³-hybridized carbons (Fsp3) is 0.412. The van der Waals surface area contributed by atoms with E-state index in [1.807, 2.05) is 6.20 Å². The normalized spacial score (nSPS) is 11.0. The van der Waals surface area contributed by atoms with Gasteiger partial charge in [0.2, 0.25) is 0 Å². The maximum atomic E-state index is 6.07. The number of aryl methyl sites for hydroxylation is 1. The van der Waals surface area contributed by atoms with Gasteiger partial charge in [0, 0.05) is 19.5 Å². The van der Waals surface area contributed by atoms with Gasteiger partial charge in [0.05, 0.1) is 23.5 Å². The molecule has 0 aliphatic rings. The van der Waals surface area contributed by atoms with E-state index in [0.717, 1.165) is 23.8 Å². The van der Waals surface area contributed by atoms with Crippen LogP contribution in [0, 0.1) is 6.92 Å². The zero-order chi connectivity index (χ0) is 15.4. The van der Waals surface area contributed by atoms with Gasteiger partial charge in [-0.25, -0.2) is 9.97 Å². The molecule has 1 aromatic carbocycles. The van der Waals surface area contributed by atoms with Crippen LogP contribution in [0.1, 0.15) is 42.4 Å². The first-order valence-electron chi connectivity index (χ1n) is 7.20. The highest BCUT2D eigenvalue weighted by Crippen LogP contribution is 2.23. The predicted octanol–water partition coefficient (Wildman–Crippen LogP) is 4.28. The van der Waals surface area contributed by atoms with E-state index in [1.165, 1.54) is 11.1 Å². The minimum atomic E-state index is 0.308. The minimum Gasteiger partial charge on any atom is -0.367 e. The highest BCUT2D eigenvalue weighted by atomic mass is 35.5. The molecule has 2 rings (SSSR count). The number of benzene rings is 1. The summed E-state index contributed by atoms with van der Waals surface area (Å²) in [6.07, 6.45) is 1.89. The van der Waals surface area contributed by atoms with Crippen molar-refractivity contribution in [2.75, 3.05) is 11.9 Å².